The molecule has 3 aromatic carbocycles. The molecule has 1 saturated heterocycles. The maximum atomic E-state index is 13.1. The smallest absolute Gasteiger partial charge is 0.348 e. The lowest BCUT2D eigenvalue weighted by molar-refractivity contribution is -0.143. The zero-order valence-electron chi connectivity index (χ0n) is 33.3. The maximum Gasteiger partial charge on any atom is 0.348 e. The minimum atomic E-state index is -1.08. The number of carbonyl (C=O) groups is 5. The second-order valence-corrected chi connectivity index (χ2v) is 15.3. The van der Waals surface area contributed by atoms with Crippen LogP contribution in [0.4, 0.5) is 5.69 Å². The number of aromatic nitrogens is 4. The highest BCUT2D eigenvalue weighted by molar-refractivity contribution is 6.06. The Hall–Kier alpha value is -6.79. The number of phenols is 2. The molecule has 0 saturated carbocycles. The second-order valence-electron chi connectivity index (χ2n) is 15.3. The number of hydrogen-bond acceptors (Lipinski definition) is 11. The summed E-state index contributed by atoms with van der Waals surface area (Å²) in [5.74, 6) is -2.90. The van der Waals surface area contributed by atoms with E-state index >= 15 is 0 Å². The summed E-state index contributed by atoms with van der Waals surface area (Å²) in [6.07, 6.45) is 2.15. The number of rotatable bonds is 16. The van der Waals surface area contributed by atoms with Crippen molar-refractivity contribution in [1.82, 2.24) is 34.4 Å². The molecule has 1 fully saturated rings. The van der Waals surface area contributed by atoms with Gasteiger partial charge in [-0.15, -0.1) is 0 Å². The van der Waals surface area contributed by atoms with Crippen molar-refractivity contribution in [3.63, 3.8) is 0 Å². The molecular formula is C42H46N8O10. The van der Waals surface area contributed by atoms with Gasteiger partial charge in [0, 0.05) is 72.5 Å². The summed E-state index contributed by atoms with van der Waals surface area (Å²) in [7, 11) is 1.65. The fourth-order valence-electron chi connectivity index (χ4n) is 7.82. The van der Waals surface area contributed by atoms with Crippen LogP contribution in [0.15, 0.2) is 65.6 Å². The van der Waals surface area contributed by atoms with E-state index < -0.39 is 35.6 Å². The Bertz CT molecular complexity index is 2560. The highest BCUT2D eigenvalue weighted by Crippen LogP contribution is 2.38. The van der Waals surface area contributed by atoms with Crippen molar-refractivity contribution in [2.75, 3.05) is 32.1 Å². The number of aliphatic carboxylic acids is 1. The molecule has 2 aliphatic heterocycles. The zero-order chi connectivity index (χ0) is 42.8. The van der Waals surface area contributed by atoms with E-state index in [0.29, 0.717) is 46.8 Å². The first-order valence-electron chi connectivity index (χ1n) is 19.6. The summed E-state index contributed by atoms with van der Waals surface area (Å²) < 4.78 is 9.23. The molecule has 4 amide bonds. The normalized spacial score (nSPS) is 15.8. The fraction of sp³-hybridized carbons (Fsp3) is 0.357. The number of phenolic OH excluding ortho intramolecular Hbond substituents is 2. The van der Waals surface area contributed by atoms with Gasteiger partial charge < -0.3 is 34.8 Å². The molecule has 0 radical (unpaired) electrons. The number of H-pyrrole nitrogens is 1. The minimum Gasteiger partial charge on any atom is -0.508 e. The number of fused-ring (bicyclic) bond motifs is 2. The number of imide groups is 1. The van der Waals surface area contributed by atoms with E-state index in [4.69, 9.17) is 4.74 Å². The molecule has 6 N–H and O–H groups in total. The van der Waals surface area contributed by atoms with Crippen LogP contribution in [0.2, 0.25) is 0 Å². The van der Waals surface area contributed by atoms with Gasteiger partial charge in [-0.2, -0.15) is 5.10 Å². The molecule has 2 aromatic heterocycles. The van der Waals surface area contributed by atoms with Crippen molar-refractivity contribution in [3.05, 3.63) is 88.0 Å². The van der Waals surface area contributed by atoms with Gasteiger partial charge in [0.2, 0.25) is 17.7 Å². The molecule has 314 valence electrons. The summed E-state index contributed by atoms with van der Waals surface area (Å²) in [4.78, 5) is 78.4. The number of nitrogens with zero attached hydrogens (tertiary/aromatic N) is 5. The number of likely N-dealkylation sites (N-methyl/N-ethyl adjacent to an activating group) is 1. The third kappa shape index (κ3) is 8.37. The van der Waals surface area contributed by atoms with Crippen molar-refractivity contribution in [2.45, 2.75) is 70.6 Å². The van der Waals surface area contributed by atoms with E-state index in [9.17, 15) is 44.1 Å². The molecule has 0 spiro atoms. The Kier molecular flexibility index (Phi) is 11.9. The predicted molar refractivity (Wildman–Crippen MR) is 218 cm³/mol. The van der Waals surface area contributed by atoms with Gasteiger partial charge in [0.25, 0.3) is 5.91 Å². The number of anilines is 1. The third-order valence-corrected chi connectivity index (χ3v) is 11.1. The Balaban J connectivity index is 0.903. The Labute approximate surface area is 343 Å². The first-order chi connectivity index (χ1) is 28.7. The summed E-state index contributed by atoms with van der Waals surface area (Å²) >= 11 is 0. The molecule has 4 heterocycles. The van der Waals surface area contributed by atoms with Gasteiger partial charge in [0.15, 0.2) is 5.82 Å². The number of nitrogens with one attached hydrogen (secondary N) is 3. The number of aromatic amines is 1. The highest BCUT2D eigenvalue weighted by atomic mass is 16.5. The Morgan fingerprint density at radius 2 is 1.82 bits per heavy atom. The average Bonchev–Trinajstić information content (AvgIpc) is 3.89. The molecule has 2 aliphatic rings. The van der Waals surface area contributed by atoms with Crippen molar-refractivity contribution in [1.29, 1.82) is 0 Å². The van der Waals surface area contributed by atoms with Gasteiger partial charge >= 0.3 is 11.7 Å². The average molecular weight is 823 g/mol. The Morgan fingerprint density at radius 3 is 2.57 bits per heavy atom. The number of carbonyl (C=O) groups excluding carboxylic acids is 4. The molecule has 2 atom stereocenters. The standard InChI is InChI=1S/C42H46N8O10/c1-23(2)27-20-28(35(52)21-34(27)51)38-45-46-42(59)50(38)25-7-8-31-24(19-25)13-14-48(31)16-18-60-17-15-47(3)33(41(57)58)10-12-36(53)43-30-6-4-5-26-29(30)22-49(40(26)56)32-9-11-37(54)44-39(32)55/h4-8,13-14,19-21,23,32-33,51-52H,9-12,15-18,22H2,1-3H3,(H,43,53)(H,46,59)(H,57,58)(H,44,54,55)/t32?,33-/m0/s1. The Morgan fingerprint density at radius 1 is 1.02 bits per heavy atom. The lowest BCUT2D eigenvalue weighted by Gasteiger charge is -2.29. The van der Waals surface area contributed by atoms with Crippen molar-refractivity contribution < 1.29 is 44.0 Å². The summed E-state index contributed by atoms with van der Waals surface area (Å²) in [6, 6.07) is 13.4. The van der Waals surface area contributed by atoms with Crippen LogP contribution in [0, 0.1) is 0 Å². The molecule has 0 aliphatic carbocycles. The topological polar surface area (TPSA) is 241 Å². The summed E-state index contributed by atoms with van der Waals surface area (Å²) in [6.45, 7) is 5.24. The molecule has 0 bridgehead atoms. The fourth-order valence-corrected chi connectivity index (χ4v) is 7.82. The number of carboxylic acid groups (broad SMARTS) is 1. The number of carboxylic acids is 1. The van der Waals surface area contributed by atoms with Crippen LogP contribution in [0.5, 0.6) is 11.5 Å². The molecule has 5 aromatic rings. The van der Waals surface area contributed by atoms with Crippen LogP contribution in [0.3, 0.4) is 0 Å². The van der Waals surface area contributed by atoms with E-state index in [1.807, 2.05) is 42.8 Å². The minimum absolute atomic E-state index is 0.0207. The number of benzene rings is 3. The monoisotopic (exact) mass is 822 g/mol. The lowest BCUT2D eigenvalue weighted by atomic mass is 9.98. The van der Waals surface area contributed by atoms with Crippen LogP contribution >= 0.6 is 0 Å². The van der Waals surface area contributed by atoms with Gasteiger partial charge in [-0.05, 0) is 73.8 Å². The molecular weight excluding hydrogens is 777 g/mol. The summed E-state index contributed by atoms with van der Waals surface area (Å²) in [5, 5.41) is 43.5. The van der Waals surface area contributed by atoms with Crippen LogP contribution in [0.25, 0.3) is 28.0 Å². The van der Waals surface area contributed by atoms with E-state index in [-0.39, 0.29) is 80.4 Å². The zero-order valence-corrected chi connectivity index (χ0v) is 33.3. The molecule has 18 nitrogen and oxygen atoms in total. The number of piperidine rings is 1. The maximum absolute atomic E-state index is 13.1. The van der Waals surface area contributed by atoms with Crippen LogP contribution in [0.1, 0.15) is 66.9 Å². The van der Waals surface area contributed by atoms with E-state index in [2.05, 4.69) is 20.8 Å². The largest absolute Gasteiger partial charge is 0.508 e. The molecule has 7 rings (SSSR count). The van der Waals surface area contributed by atoms with Crippen LogP contribution in [-0.2, 0) is 37.0 Å². The van der Waals surface area contributed by atoms with Gasteiger partial charge in [0.1, 0.15) is 23.6 Å². The van der Waals surface area contributed by atoms with E-state index in [1.54, 1.807) is 42.3 Å². The molecule has 60 heavy (non-hydrogen) atoms. The van der Waals surface area contributed by atoms with Gasteiger partial charge in [-0.3, -0.25) is 34.2 Å². The van der Waals surface area contributed by atoms with Crippen molar-refractivity contribution in [2.24, 2.45) is 0 Å². The van der Waals surface area contributed by atoms with E-state index in [1.165, 1.54) is 15.5 Å². The SMILES string of the molecule is CC(C)c1cc(-c2n[nH]c(=O)n2-c2ccc3c(ccn3CCOCCN(C)[C@@H](CCC(=O)Nc3cccc4c3CN(C3CCC(=O)NC3=O)C4=O)C(=O)O)c2)c(O)cc1O. The lowest BCUT2D eigenvalue weighted by Crippen LogP contribution is -2.52. The molecule has 18 heteroatoms. The summed E-state index contributed by atoms with van der Waals surface area (Å²) in [5.41, 5.74) is 3.12. The van der Waals surface area contributed by atoms with Crippen LogP contribution < -0.4 is 16.3 Å². The first-order valence-corrected chi connectivity index (χ1v) is 19.6. The predicted octanol–water partition coefficient (Wildman–Crippen LogP) is 3.30. The van der Waals surface area contributed by atoms with Crippen molar-refractivity contribution in [3.8, 4) is 28.6 Å². The van der Waals surface area contributed by atoms with Crippen molar-refractivity contribution >= 4 is 46.2 Å². The third-order valence-electron chi connectivity index (χ3n) is 11.1. The second kappa shape index (κ2) is 17.2. The quantitative estimate of drug-likeness (QED) is 0.0621. The van der Waals surface area contributed by atoms with Crippen LogP contribution in [-0.4, -0.2) is 113 Å². The van der Waals surface area contributed by atoms with E-state index in [0.717, 1.165) is 10.9 Å². The highest BCUT2D eigenvalue weighted by Gasteiger charge is 2.40. The van der Waals surface area contributed by atoms with Gasteiger partial charge in [-0.25, -0.2) is 14.5 Å². The first kappa shape index (κ1) is 41.4. The number of aromatic hydroxyl groups is 2. The number of ether oxygens (including phenoxy) is 1. The number of amides is 4. The van der Waals surface area contributed by atoms with Gasteiger partial charge in [-0.1, -0.05) is 19.9 Å². The number of hydrogen-bond donors (Lipinski definition) is 6. The van der Waals surface area contributed by atoms with Gasteiger partial charge in [0.05, 0.1) is 24.5 Å². The molecule has 1 unspecified atom stereocenters.